The van der Waals surface area contributed by atoms with E-state index in [4.69, 9.17) is 15.5 Å². The Balaban J connectivity index is 1.43. The zero-order valence-corrected chi connectivity index (χ0v) is 19.1. The number of rotatable bonds is 6. The zero-order chi connectivity index (χ0) is 22.2. The number of fused-ring (bicyclic) bond motifs is 1. The number of thiazole rings is 1. The number of nitrogens with two attached hydrogens (primary N) is 1. The first-order valence-electron chi connectivity index (χ1n) is 11.1. The molecule has 1 aliphatic rings. The first kappa shape index (κ1) is 20.7. The van der Waals surface area contributed by atoms with Crippen molar-refractivity contribution in [2.24, 2.45) is 5.92 Å². The van der Waals surface area contributed by atoms with Crippen LogP contribution in [-0.2, 0) is 0 Å². The Morgan fingerprint density at radius 1 is 1.12 bits per heavy atom. The second-order valence-corrected chi connectivity index (χ2v) is 9.38. The Kier molecular flexibility index (Phi) is 5.43. The van der Waals surface area contributed by atoms with E-state index in [2.05, 4.69) is 37.3 Å². The molecule has 0 radical (unpaired) electrons. The third kappa shape index (κ3) is 3.56. The van der Waals surface area contributed by atoms with Crippen molar-refractivity contribution >= 4 is 33.0 Å². The van der Waals surface area contributed by atoms with Crippen molar-refractivity contribution in [1.29, 1.82) is 0 Å². The average molecular weight is 443 g/mol. The maximum atomic E-state index is 13.3. The van der Waals surface area contributed by atoms with E-state index in [1.165, 1.54) is 15.8 Å². The van der Waals surface area contributed by atoms with Gasteiger partial charge in [0, 0.05) is 17.0 Å². The number of hydrogen-bond acceptors (Lipinski definition) is 5. The lowest BCUT2D eigenvalue weighted by molar-refractivity contribution is 0.0818. The fraction of sp³-hybridized carbons (Fsp3) is 0.259. The number of aromatic nitrogens is 1. The summed E-state index contributed by atoms with van der Waals surface area (Å²) in [6.07, 6.45) is 1.93. The Morgan fingerprint density at radius 3 is 2.69 bits per heavy atom. The highest BCUT2D eigenvalue weighted by atomic mass is 32.1. The van der Waals surface area contributed by atoms with Crippen molar-refractivity contribution in [3.05, 3.63) is 77.4 Å². The van der Waals surface area contributed by atoms with E-state index >= 15 is 0 Å². The van der Waals surface area contributed by atoms with Crippen LogP contribution in [0.2, 0.25) is 0 Å². The smallest absolute Gasteiger partial charge is 0.166 e. The van der Waals surface area contributed by atoms with E-state index in [0.717, 1.165) is 28.9 Å². The number of nitrogens with zero attached hydrogens (tertiary/aromatic N) is 1. The van der Waals surface area contributed by atoms with Crippen LogP contribution in [0.5, 0.6) is 5.75 Å². The highest BCUT2D eigenvalue weighted by Gasteiger charge is 2.39. The molecular formula is C27H26N2O2S. The van der Waals surface area contributed by atoms with E-state index in [9.17, 15) is 4.79 Å². The maximum absolute atomic E-state index is 13.3. The molecule has 1 aromatic heterocycles. The van der Waals surface area contributed by atoms with Crippen LogP contribution in [0.4, 0.5) is 5.69 Å². The number of nitrogen functional groups attached to an aromatic ring is 1. The lowest BCUT2D eigenvalue weighted by atomic mass is 9.66. The van der Waals surface area contributed by atoms with Crippen LogP contribution in [-0.4, -0.2) is 17.4 Å². The van der Waals surface area contributed by atoms with Crippen molar-refractivity contribution in [2.75, 3.05) is 12.3 Å². The van der Waals surface area contributed by atoms with Gasteiger partial charge in [-0.25, -0.2) is 4.98 Å². The maximum Gasteiger partial charge on any atom is 0.166 e. The van der Waals surface area contributed by atoms with Crippen LogP contribution in [0, 0.1) is 12.8 Å². The molecule has 4 nitrogen and oxygen atoms in total. The van der Waals surface area contributed by atoms with Crippen LogP contribution in [0.15, 0.2) is 60.7 Å². The molecule has 0 spiro atoms. The minimum Gasteiger partial charge on any atom is -0.492 e. The molecule has 0 bridgehead atoms. The second-order valence-electron chi connectivity index (χ2n) is 8.35. The third-order valence-corrected chi connectivity index (χ3v) is 7.57. The van der Waals surface area contributed by atoms with Gasteiger partial charge in [0.25, 0.3) is 0 Å². The van der Waals surface area contributed by atoms with Crippen molar-refractivity contribution in [2.45, 2.75) is 32.6 Å². The molecule has 1 aliphatic carbocycles. The largest absolute Gasteiger partial charge is 0.492 e. The minimum absolute atomic E-state index is 0.0170. The molecule has 32 heavy (non-hydrogen) atoms. The monoisotopic (exact) mass is 442 g/mol. The molecule has 5 rings (SSSR count). The molecule has 1 heterocycles. The summed E-state index contributed by atoms with van der Waals surface area (Å²) in [5.41, 5.74) is 12.0. The molecule has 0 aliphatic heterocycles. The van der Waals surface area contributed by atoms with Gasteiger partial charge >= 0.3 is 0 Å². The van der Waals surface area contributed by atoms with Crippen molar-refractivity contribution in [3.63, 3.8) is 0 Å². The Hall–Kier alpha value is -3.18. The van der Waals surface area contributed by atoms with Gasteiger partial charge in [0.2, 0.25) is 0 Å². The molecule has 2 N–H and O–H groups in total. The highest BCUT2D eigenvalue weighted by Crippen LogP contribution is 2.47. The fourth-order valence-electron chi connectivity index (χ4n) is 4.66. The molecule has 4 aromatic rings. The number of benzene rings is 3. The molecule has 0 amide bonds. The molecule has 3 aromatic carbocycles. The van der Waals surface area contributed by atoms with Gasteiger partial charge < -0.3 is 10.5 Å². The molecule has 1 saturated carbocycles. The number of carbonyl (C=O) groups is 1. The molecule has 0 saturated heterocycles. The number of para-hydroxylation sites is 1. The van der Waals surface area contributed by atoms with E-state index in [-0.39, 0.29) is 17.6 Å². The van der Waals surface area contributed by atoms with E-state index in [0.29, 0.717) is 23.6 Å². The van der Waals surface area contributed by atoms with Crippen molar-refractivity contribution in [1.82, 2.24) is 4.98 Å². The van der Waals surface area contributed by atoms with Crippen molar-refractivity contribution in [3.8, 4) is 16.3 Å². The Morgan fingerprint density at radius 2 is 1.97 bits per heavy atom. The number of carbonyl (C=O) groups excluding carboxylic acids is 1. The van der Waals surface area contributed by atoms with Crippen LogP contribution < -0.4 is 10.5 Å². The molecule has 2 unspecified atom stereocenters. The standard InChI is InChI=1S/C27H26N2O2S/c1-3-31-24-14-11-17(15-22(24)28)26(30)21-13-12-20(21)18-7-6-8-19(16(18)2)27-29-23-9-4-5-10-25(23)32-27/h4-11,14-15,20-21H,3,12-13,28H2,1-2H3. The van der Waals surface area contributed by atoms with Crippen LogP contribution >= 0.6 is 11.3 Å². The van der Waals surface area contributed by atoms with Gasteiger partial charge in [-0.3, -0.25) is 4.79 Å². The second kappa shape index (κ2) is 8.40. The van der Waals surface area contributed by atoms with E-state index in [1.807, 2.05) is 25.1 Å². The molecule has 5 heteroatoms. The summed E-state index contributed by atoms with van der Waals surface area (Å²) in [7, 11) is 0. The molecule has 162 valence electrons. The quantitative estimate of drug-likeness (QED) is 0.269. The summed E-state index contributed by atoms with van der Waals surface area (Å²) in [6.45, 7) is 4.63. The molecule has 1 fully saturated rings. The van der Waals surface area contributed by atoms with E-state index in [1.54, 1.807) is 23.5 Å². The summed E-state index contributed by atoms with van der Waals surface area (Å²) >= 11 is 1.72. The SMILES string of the molecule is CCOc1ccc(C(=O)C2CCC2c2cccc(-c3nc4ccccc4s3)c2C)cc1N. The summed E-state index contributed by atoms with van der Waals surface area (Å²) < 4.78 is 6.71. The Bertz CT molecular complexity index is 1280. The van der Waals surface area contributed by atoms with Gasteiger partial charge in [-0.05, 0) is 74.1 Å². The Labute approximate surface area is 192 Å². The topological polar surface area (TPSA) is 65.2 Å². The van der Waals surface area contributed by atoms with Crippen LogP contribution in [0.25, 0.3) is 20.8 Å². The average Bonchev–Trinajstić information content (AvgIpc) is 3.20. The fourth-order valence-corrected chi connectivity index (χ4v) is 5.71. The van der Waals surface area contributed by atoms with Gasteiger partial charge in [0.15, 0.2) is 5.78 Å². The summed E-state index contributed by atoms with van der Waals surface area (Å²) in [5.74, 6) is 1.01. The normalized spacial score (nSPS) is 17.8. The summed E-state index contributed by atoms with van der Waals surface area (Å²) in [4.78, 5) is 18.2. The number of hydrogen-bond donors (Lipinski definition) is 1. The first-order valence-corrected chi connectivity index (χ1v) is 11.9. The lowest BCUT2D eigenvalue weighted by Crippen LogP contribution is -2.32. The van der Waals surface area contributed by atoms with Crippen molar-refractivity contribution < 1.29 is 9.53 Å². The van der Waals surface area contributed by atoms with Gasteiger partial charge in [0.05, 0.1) is 22.5 Å². The predicted octanol–water partition coefficient (Wildman–Crippen LogP) is 6.63. The van der Waals surface area contributed by atoms with E-state index < -0.39 is 0 Å². The summed E-state index contributed by atoms with van der Waals surface area (Å²) in [6, 6.07) is 20.0. The lowest BCUT2D eigenvalue weighted by Gasteiger charge is -2.37. The summed E-state index contributed by atoms with van der Waals surface area (Å²) in [5, 5.41) is 1.03. The van der Waals surface area contributed by atoms with Gasteiger partial charge in [0.1, 0.15) is 10.8 Å². The van der Waals surface area contributed by atoms with Gasteiger partial charge in [-0.2, -0.15) is 0 Å². The number of ether oxygens (including phenoxy) is 1. The first-order chi connectivity index (χ1) is 15.6. The molecular weight excluding hydrogens is 416 g/mol. The highest BCUT2D eigenvalue weighted by molar-refractivity contribution is 7.21. The minimum atomic E-state index is -0.0170. The van der Waals surface area contributed by atoms with Gasteiger partial charge in [-0.1, -0.05) is 30.3 Å². The zero-order valence-electron chi connectivity index (χ0n) is 18.3. The number of Topliss-reactive ketones (excluding diaryl/α,β-unsaturated/α-hetero) is 1. The number of ketones is 1. The number of anilines is 1. The van der Waals surface area contributed by atoms with Crippen LogP contribution in [0.1, 0.15) is 47.2 Å². The van der Waals surface area contributed by atoms with Gasteiger partial charge in [-0.15, -0.1) is 11.3 Å². The predicted molar refractivity (Wildman–Crippen MR) is 132 cm³/mol. The van der Waals surface area contributed by atoms with Crippen LogP contribution in [0.3, 0.4) is 0 Å². The third-order valence-electron chi connectivity index (χ3n) is 6.50. The molecule has 2 atom stereocenters.